The molecule has 5 rings (SSSR count). The lowest BCUT2D eigenvalue weighted by Gasteiger charge is -2.17. The molecule has 0 bridgehead atoms. The molecule has 0 unspecified atom stereocenters. The number of hydrogen-bond donors (Lipinski definition) is 2. The van der Waals surface area contributed by atoms with Crippen LogP contribution in [0, 0.1) is 6.92 Å². The number of rotatable bonds is 7. The molecule has 0 heterocycles. The number of halogens is 1. The summed E-state index contributed by atoms with van der Waals surface area (Å²) in [4.78, 5) is 0.110. The van der Waals surface area contributed by atoms with E-state index in [1.54, 1.807) is 18.2 Å². The number of anilines is 1. The van der Waals surface area contributed by atoms with Crippen LogP contribution in [0.2, 0.25) is 0 Å². The molecule has 4 aromatic rings. The summed E-state index contributed by atoms with van der Waals surface area (Å²) in [6, 6.07) is 28.4. The van der Waals surface area contributed by atoms with Crippen molar-refractivity contribution in [1.82, 2.24) is 0 Å². The molecule has 36 heavy (non-hydrogen) atoms. The van der Waals surface area contributed by atoms with Gasteiger partial charge in [-0.2, -0.15) is 0 Å². The molecular weight excluding hydrogens is 536 g/mol. The molecule has 0 spiro atoms. The van der Waals surface area contributed by atoms with E-state index in [-0.39, 0.29) is 4.90 Å². The predicted octanol–water partition coefficient (Wildman–Crippen LogP) is 7.48. The number of primary sulfonamides is 1. The zero-order valence-corrected chi connectivity index (χ0v) is 22.1. The van der Waals surface area contributed by atoms with Gasteiger partial charge in [-0.1, -0.05) is 58.4 Å². The molecule has 5 nitrogen and oxygen atoms in total. The molecule has 1 aliphatic carbocycles. The number of nitrogens with one attached hydrogen (secondary N) is 1. The smallest absolute Gasteiger partial charge is 0.238 e. The van der Waals surface area contributed by atoms with Gasteiger partial charge in [0.05, 0.1) is 4.90 Å². The lowest BCUT2D eigenvalue weighted by Crippen LogP contribution is -2.13. The van der Waals surface area contributed by atoms with Crippen LogP contribution in [0.5, 0.6) is 11.5 Å². The molecular formula is C29H25BrN2O3S. The monoisotopic (exact) mass is 560 g/mol. The van der Waals surface area contributed by atoms with Crippen molar-refractivity contribution >= 4 is 37.3 Å². The first-order valence-corrected chi connectivity index (χ1v) is 13.9. The van der Waals surface area contributed by atoms with Gasteiger partial charge in [-0.05, 0) is 85.0 Å². The fourth-order valence-electron chi connectivity index (χ4n) is 4.08. The molecule has 1 fully saturated rings. The standard InChI is InChI=1S/C29H25BrN2O3S/c1-19-5-4-6-24(17-19)35-27-16-13-22(30)18-26(27)29(21-9-10-21)32-23-14-11-20(12-15-23)25-7-2-3-8-28(25)36(31,33)34/h2-8,11-18,32H,9-10H2,1H3,(H2,31,33,34). The van der Waals surface area contributed by atoms with Gasteiger partial charge in [-0.15, -0.1) is 0 Å². The first kappa shape index (κ1) is 24.3. The van der Waals surface area contributed by atoms with Crippen molar-refractivity contribution in [2.75, 3.05) is 5.32 Å². The van der Waals surface area contributed by atoms with Crippen LogP contribution in [-0.2, 0) is 10.0 Å². The highest BCUT2D eigenvalue weighted by Gasteiger charge is 2.23. The van der Waals surface area contributed by atoms with Gasteiger partial charge in [0, 0.05) is 27.0 Å². The summed E-state index contributed by atoms with van der Waals surface area (Å²) in [6.07, 6.45) is 2.05. The zero-order valence-electron chi connectivity index (χ0n) is 19.7. The van der Waals surface area contributed by atoms with Crippen molar-refractivity contribution < 1.29 is 13.2 Å². The van der Waals surface area contributed by atoms with Crippen molar-refractivity contribution in [2.45, 2.75) is 24.7 Å². The molecule has 0 radical (unpaired) electrons. The predicted molar refractivity (Wildman–Crippen MR) is 148 cm³/mol. The van der Waals surface area contributed by atoms with Gasteiger partial charge in [0.1, 0.15) is 11.5 Å². The third-order valence-electron chi connectivity index (χ3n) is 5.94. The van der Waals surface area contributed by atoms with E-state index in [0.29, 0.717) is 5.56 Å². The fraction of sp³-hybridized carbons (Fsp3) is 0.103. The van der Waals surface area contributed by atoms with Gasteiger partial charge in [0.15, 0.2) is 0 Å². The van der Waals surface area contributed by atoms with E-state index >= 15 is 0 Å². The summed E-state index contributed by atoms with van der Waals surface area (Å²) in [6.45, 7) is 2.04. The largest absolute Gasteiger partial charge is 0.457 e. The molecule has 0 atom stereocenters. The molecule has 0 aromatic heterocycles. The van der Waals surface area contributed by atoms with E-state index in [4.69, 9.17) is 9.88 Å². The van der Waals surface area contributed by atoms with Crippen LogP contribution < -0.4 is 15.2 Å². The quantitative estimate of drug-likeness (QED) is 0.245. The second-order valence-corrected chi connectivity index (χ2v) is 11.2. The summed E-state index contributed by atoms with van der Waals surface area (Å²) in [5.74, 6) is 1.56. The molecule has 4 aromatic carbocycles. The SMILES string of the molecule is Cc1cccc(Oc2ccc(Br)cc2C(Nc2ccc(-c3ccccc3S(N)(=O)=O)cc2)=C2CC2)c1. The van der Waals surface area contributed by atoms with Crippen LogP contribution in [0.4, 0.5) is 5.69 Å². The first-order valence-electron chi connectivity index (χ1n) is 11.5. The molecule has 7 heteroatoms. The van der Waals surface area contributed by atoms with E-state index < -0.39 is 10.0 Å². The van der Waals surface area contributed by atoms with Crippen molar-refractivity contribution in [3.63, 3.8) is 0 Å². The maximum atomic E-state index is 12.0. The van der Waals surface area contributed by atoms with Crippen LogP contribution in [0.25, 0.3) is 16.8 Å². The Morgan fingerprint density at radius 3 is 2.36 bits per heavy atom. The van der Waals surface area contributed by atoms with E-state index in [1.165, 1.54) is 11.6 Å². The number of allylic oxidation sites excluding steroid dienone is 1. The lowest BCUT2D eigenvalue weighted by atomic mass is 10.0. The number of aryl methyl sites for hydroxylation is 1. The molecule has 182 valence electrons. The number of hydrogen-bond acceptors (Lipinski definition) is 4. The maximum absolute atomic E-state index is 12.0. The number of sulfonamides is 1. The highest BCUT2D eigenvalue weighted by atomic mass is 79.9. The van der Waals surface area contributed by atoms with Gasteiger partial charge < -0.3 is 10.1 Å². The molecule has 1 saturated carbocycles. The highest BCUT2D eigenvalue weighted by Crippen LogP contribution is 2.42. The number of ether oxygens (including phenoxy) is 1. The Balaban J connectivity index is 1.46. The Morgan fingerprint density at radius 2 is 1.67 bits per heavy atom. The maximum Gasteiger partial charge on any atom is 0.238 e. The van der Waals surface area contributed by atoms with Gasteiger partial charge in [0.25, 0.3) is 0 Å². The van der Waals surface area contributed by atoms with Crippen molar-refractivity contribution in [3.05, 3.63) is 112 Å². The minimum atomic E-state index is -3.83. The van der Waals surface area contributed by atoms with Crippen LogP contribution in [-0.4, -0.2) is 8.42 Å². The molecule has 0 aliphatic heterocycles. The second-order valence-electron chi connectivity index (χ2n) is 8.78. The molecule has 1 aliphatic rings. The third kappa shape index (κ3) is 5.54. The van der Waals surface area contributed by atoms with E-state index in [2.05, 4.69) is 27.3 Å². The van der Waals surface area contributed by atoms with Gasteiger partial charge in [0.2, 0.25) is 10.0 Å². The fourth-order valence-corrected chi connectivity index (χ4v) is 5.20. The van der Waals surface area contributed by atoms with Crippen molar-refractivity contribution in [2.24, 2.45) is 5.14 Å². The van der Waals surface area contributed by atoms with E-state index in [9.17, 15) is 8.42 Å². The minimum absolute atomic E-state index is 0.110. The second kappa shape index (κ2) is 9.93. The third-order valence-corrected chi connectivity index (χ3v) is 7.40. The average Bonchev–Trinajstić information content (AvgIpc) is 3.69. The van der Waals surface area contributed by atoms with Crippen molar-refractivity contribution in [1.29, 1.82) is 0 Å². The first-order chi connectivity index (χ1) is 17.3. The summed E-state index contributed by atoms with van der Waals surface area (Å²) >= 11 is 3.61. The van der Waals surface area contributed by atoms with Crippen LogP contribution in [0.1, 0.15) is 24.0 Å². The highest BCUT2D eigenvalue weighted by molar-refractivity contribution is 9.10. The van der Waals surface area contributed by atoms with Crippen LogP contribution in [0.15, 0.2) is 106 Å². The summed E-state index contributed by atoms with van der Waals surface area (Å²) in [5, 5.41) is 9.00. The normalized spacial score (nSPS) is 12.8. The Kier molecular flexibility index (Phi) is 6.71. The molecule has 3 N–H and O–H groups in total. The van der Waals surface area contributed by atoms with Crippen LogP contribution >= 0.6 is 15.9 Å². The number of benzene rings is 4. The Hall–Kier alpha value is -3.39. The number of nitrogens with two attached hydrogens (primary N) is 1. The minimum Gasteiger partial charge on any atom is -0.457 e. The average molecular weight is 562 g/mol. The van der Waals surface area contributed by atoms with Gasteiger partial charge in [-0.25, -0.2) is 13.6 Å². The summed E-state index contributed by atoms with van der Waals surface area (Å²) < 4.78 is 31.3. The van der Waals surface area contributed by atoms with Gasteiger partial charge in [-0.3, -0.25) is 0 Å². The lowest BCUT2D eigenvalue weighted by molar-refractivity contribution is 0.480. The van der Waals surface area contributed by atoms with Crippen LogP contribution in [0.3, 0.4) is 0 Å². The van der Waals surface area contributed by atoms with E-state index in [1.807, 2.05) is 67.6 Å². The molecule has 0 saturated heterocycles. The zero-order chi connectivity index (χ0) is 25.3. The van der Waals surface area contributed by atoms with Gasteiger partial charge >= 0.3 is 0 Å². The molecule has 0 amide bonds. The summed E-state index contributed by atoms with van der Waals surface area (Å²) in [5.41, 5.74) is 6.70. The topological polar surface area (TPSA) is 81.4 Å². The summed E-state index contributed by atoms with van der Waals surface area (Å²) in [7, 11) is -3.83. The Morgan fingerprint density at radius 1 is 0.917 bits per heavy atom. The Labute approximate surface area is 219 Å². The van der Waals surface area contributed by atoms with Crippen molar-refractivity contribution in [3.8, 4) is 22.6 Å². The van der Waals surface area contributed by atoms with E-state index in [0.717, 1.165) is 56.9 Å². The Bertz CT molecular complexity index is 1570.